The van der Waals surface area contributed by atoms with Gasteiger partial charge in [0.25, 0.3) is 5.56 Å². The number of carbonyl (C=O) groups is 2. The molecule has 0 spiro atoms. The van der Waals surface area contributed by atoms with Crippen molar-refractivity contribution in [2.24, 2.45) is 0 Å². The Morgan fingerprint density at radius 3 is 2.65 bits per heavy atom. The zero-order valence-electron chi connectivity index (χ0n) is 20.2. The quantitative estimate of drug-likeness (QED) is 0.318. The predicted octanol–water partition coefficient (Wildman–Crippen LogP) is 2.54. The highest BCUT2D eigenvalue weighted by Crippen LogP contribution is 2.37. The molecule has 0 bridgehead atoms. The van der Waals surface area contributed by atoms with Gasteiger partial charge in [0.05, 0.1) is 19.3 Å². The van der Waals surface area contributed by atoms with Gasteiger partial charge in [-0.15, -0.1) is 0 Å². The summed E-state index contributed by atoms with van der Waals surface area (Å²) in [7, 11) is 1.38. The van der Waals surface area contributed by atoms with Crippen LogP contribution in [0.15, 0.2) is 47.4 Å². The van der Waals surface area contributed by atoms with Crippen molar-refractivity contribution in [3.8, 4) is 28.7 Å². The van der Waals surface area contributed by atoms with Crippen LogP contribution in [0, 0.1) is 0 Å². The molecule has 1 aliphatic rings. The van der Waals surface area contributed by atoms with E-state index in [-0.39, 0.29) is 49.0 Å². The molecule has 1 amide bonds. The first-order valence-corrected chi connectivity index (χ1v) is 11.5. The average Bonchev–Trinajstić information content (AvgIpc) is 3.35. The molecule has 0 radical (unpaired) electrons. The normalized spacial score (nSPS) is 12.6. The van der Waals surface area contributed by atoms with Crippen molar-refractivity contribution < 1.29 is 38.7 Å². The molecule has 2 aromatic carbocycles. The van der Waals surface area contributed by atoms with Gasteiger partial charge < -0.3 is 39.5 Å². The van der Waals surface area contributed by atoms with E-state index in [4.69, 9.17) is 18.9 Å². The summed E-state index contributed by atoms with van der Waals surface area (Å²) in [5.41, 5.74) is -0.0534. The van der Waals surface area contributed by atoms with Gasteiger partial charge in [0, 0.05) is 25.1 Å². The number of aromatic hydroxyl groups is 2. The predicted molar refractivity (Wildman–Crippen MR) is 130 cm³/mol. The second kappa shape index (κ2) is 10.9. The lowest BCUT2D eigenvalue weighted by atomic mass is 9.87. The first kappa shape index (κ1) is 25.4. The minimum Gasteiger partial charge on any atom is -0.506 e. The van der Waals surface area contributed by atoms with Crippen LogP contribution in [0.25, 0.3) is 0 Å². The van der Waals surface area contributed by atoms with Gasteiger partial charge in [0.15, 0.2) is 23.0 Å². The van der Waals surface area contributed by atoms with Gasteiger partial charge in [0.1, 0.15) is 11.3 Å². The number of aromatic amines is 1. The number of nitrogens with one attached hydrogen (secondary N) is 2. The second-order valence-electron chi connectivity index (χ2n) is 8.17. The van der Waals surface area contributed by atoms with Crippen LogP contribution in [-0.4, -0.2) is 47.6 Å². The maximum Gasteiger partial charge on any atom is 0.343 e. The number of methoxy groups -OCH3 is 1. The van der Waals surface area contributed by atoms with E-state index in [0.717, 1.165) is 11.8 Å². The van der Waals surface area contributed by atoms with Crippen LogP contribution >= 0.6 is 0 Å². The number of hydrogen-bond acceptors (Lipinski definition) is 9. The molecule has 11 heteroatoms. The Morgan fingerprint density at radius 2 is 1.92 bits per heavy atom. The van der Waals surface area contributed by atoms with Crippen molar-refractivity contribution in [1.82, 2.24) is 10.3 Å². The molecule has 4 rings (SSSR count). The van der Waals surface area contributed by atoms with Crippen molar-refractivity contribution in [2.45, 2.75) is 25.8 Å². The van der Waals surface area contributed by atoms with E-state index < -0.39 is 29.1 Å². The van der Waals surface area contributed by atoms with Crippen LogP contribution in [-0.2, 0) is 16.1 Å². The molecule has 11 nitrogen and oxygen atoms in total. The topological polar surface area (TPSA) is 156 Å². The van der Waals surface area contributed by atoms with Crippen molar-refractivity contribution in [3.63, 3.8) is 0 Å². The van der Waals surface area contributed by atoms with Crippen molar-refractivity contribution in [2.75, 3.05) is 20.5 Å². The van der Waals surface area contributed by atoms with Crippen molar-refractivity contribution in [3.05, 3.63) is 75.2 Å². The summed E-state index contributed by atoms with van der Waals surface area (Å²) in [6.07, 6.45) is 0.778. The van der Waals surface area contributed by atoms with Crippen LogP contribution < -0.4 is 25.1 Å². The van der Waals surface area contributed by atoms with Gasteiger partial charge in [-0.1, -0.05) is 12.1 Å². The van der Waals surface area contributed by atoms with Crippen LogP contribution in [0.5, 0.6) is 28.7 Å². The third-order valence-electron chi connectivity index (χ3n) is 5.87. The highest BCUT2D eigenvalue weighted by molar-refractivity contribution is 5.92. The molecule has 37 heavy (non-hydrogen) atoms. The summed E-state index contributed by atoms with van der Waals surface area (Å²) in [5, 5.41) is 24.0. The molecular formula is C26H26N2O9. The summed E-state index contributed by atoms with van der Waals surface area (Å²) in [4.78, 5) is 40.6. The lowest BCUT2D eigenvalue weighted by Crippen LogP contribution is -2.27. The Balaban J connectivity index is 1.65. The summed E-state index contributed by atoms with van der Waals surface area (Å²) in [5.74, 6) is -1.75. The molecule has 1 unspecified atom stereocenters. The van der Waals surface area contributed by atoms with Gasteiger partial charge in [-0.2, -0.15) is 0 Å². The standard InChI is InChI=1S/C26H26N2O9/c1-3-35-26(33)17-12-28-25(32)23(24(17)31)16(15-5-7-19(34-2)18(29)9-15)10-22(30)27-11-14-4-6-20-21(8-14)37-13-36-20/h4-9,12,16,29H,3,10-11,13H2,1-2H3,(H,27,30)(H2,28,31,32). The maximum atomic E-state index is 13.0. The monoisotopic (exact) mass is 510 g/mol. The summed E-state index contributed by atoms with van der Waals surface area (Å²) in [6.45, 7) is 1.96. The molecule has 1 aromatic heterocycles. The number of carbonyl (C=O) groups excluding carboxylic acids is 2. The zero-order chi connectivity index (χ0) is 26.5. The third kappa shape index (κ3) is 5.45. The van der Waals surface area contributed by atoms with Crippen molar-refractivity contribution in [1.29, 1.82) is 0 Å². The number of rotatable bonds is 9. The fourth-order valence-corrected chi connectivity index (χ4v) is 4.04. The Morgan fingerprint density at radius 1 is 1.14 bits per heavy atom. The number of phenols is 1. The molecule has 1 atom stereocenters. The zero-order valence-corrected chi connectivity index (χ0v) is 20.2. The molecule has 4 N–H and O–H groups in total. The lowest BCUT2D eigenvalue weighted by molar-refractivity contribution is -0.121. The lowest BCUT2D eigenvalue weighted by Gasteiger charge is -2.20. The van der Waals surface area contributed by atoms with E-state index in [9.17, 15) is 24.6 Å². The summed E-state index contributed by atoms with van der Waals surface area (Å²) >= 11 is 0. The van der Waals surface area contributed by atoms with E-state index in [0.29, 0.717) is 17.1 Å². The van der Waals surface area contributed by atoms with E-state index in [2.05, 4.69) is 10.3 Å². The largest absolute Gasteiger partial charge is 0.506 e. The summed E-state index contributed by atoms with van der Waals surface area (Å²) in [6, 6.07) is 9.65. The third-order valence-corrected chi connectivity index (χ3v) is 5.87. The molecule has 2 heterocycles. The Labute approximate surface area is 211 Å². The number of fused-ring (bicyclic) bond motifs is 1. The fourth-order valence-electron chi connectivity index (χ4n) is 4.04. The SMILES string of the molecule is CCOC(=O)c1c[nH]c(=O)c(C(CC(=O)NCc2ccc3c(c2)OCO3)c2ccc(OC)c(O)c2)c1O. The average molecular weight is 510 g/mol. The van der Waals surface area contributed by atoms with Crippen LogP contribution in [0.1, 0.15) is 46.3 Å². The number of benzene rings is 2. The van der Waals surface area contributed by atoms with E-state index in [1.807, 2.05) is 0 Å². The molecule has 0 saturated carbocycles. The van der Waals surface area contributed by atoms with Crippen LogP contribution in [0.2, 0.25) is 0 Å². The Bertz CT molecular complexity index is 1380. The Hall–Kier alpha value is -4.67. The summed E-state index contributed by atoms with van der Waals surface area (Å²) < 4.78 is 20.7. The molecule has 194 valence electrons. The molecular weight excluding hydrogens is 484 g/mol. The van der Waals surface area contributed by atoms with Gasteiger partial charge in [-0.3, -0.25) is 9.59 Å². The Kier molecular flexibility index (Phi) is 7.52. The highest BCUT2D eigenvalue weighted by Gasteiger charge is 2.29. The highest BCUT2D eigenvalue weighted by atomic mass is 16.7. The molecule has 0 aliphatic carbocycles. The first-order valence-electron chi connectivity index (χ1n) is 11.5. The smallest absolute Gasteiger partial charge is 0.343 e. The molecule has 1 aliphatic heterocycles. The van der Waals surface area contributed by atoms with E-state index in [1.165, 1.54) is 19.2 Å². The molecule has 3 aromatic rings. The number of hydrogen-bond donors (Lipinski definition) is 4. The number of pyridine rings is 1. The number of H-pyrrole nitrogens is 1. The first-order chi connectivity index (χ1) is 17.8. The fraction of sp³-hybridized carbons (Fsp3) is 0.269. The van der Waals surface area contributed by atoms with Crippen LogP contribution in [0.3, 0.4) is 0 Å². The van der Waals surface area contributed by atoms with E-state index in [1.54, 1.807) is 31.2 Å². The molecule has 0 fully saturated rings. The number of ether oxygens (including phenoxy) is 4. The van der Waals surface area contributed by atoms with Gasteiger partial charge >= 0.3 is 5.97 Å². The second-order valence-corrected chi connectivity index (χ2v) is 8.17. The number of esters is 1. The number of amides is 1. The van der Waals surface area contributed by atoms with Gasteiger partial charge in [-0.25, -0.2) is 4.79 Å². The maximum absolute atomic E-state index is 13.0. The number of aromatic nitrogens is 1. The van der Waals surface area contributed by atoms with E-state index >= 15 is 0 Å². The minimum absolute atomic E-state index is 0.0603. The number of phenolic OH excluding ortho intramolecular Hbond substituents is 1. The van der Waals surface area contributed by atoms with Gasteiger partial charge in [0.2, 0.25) is 12.7 Å². The minimum atomic E-state index is -1.02. The van der Waals surface area contributed by atoms with Gasteiger partial charge in [-0.05, 0) is 42.3 Å². The van der Waals surface area contributed by atoms with Crippen molar-refractivity contribution >= 4 is 11.9 Å². The molecule has 0 saturated heterocycles. The van der Waals surface area contributed by atoms with Crippen LogP contribution in [0.4, 0.5) is 0 Å².